The molecule has 0 radical (unpaired) electrons. The van der Waals surface area contributed by atoms with Crippen molar-refractivity contribution in [2.45, 2.75) is 46.5 Å². The average Bonchev–Trinajstić information content (AvgIpc) is 3.44. The summed E-state index contributed by atoms with van der Waals surface area (Å²) in [6.45, 7) is 11.0. The molecule has 158 valence electrons. The number of fused-ring (bicyclic) bond motifs is 1. The molecule has 4 rings (SSSR count). The van der Waals surface area contributed by atoms with Gasteiger partial charge in [-0.15, -0.1) is 22.7 Å². The zero-order chi connectivity index (χ0) is 21.8. The van der Waals surface area contributed by atoms with Crippen LogP contribution in [-0.4, -0.2) is 0 Å². The van der Waals surface area contributed by atoms with E-state index >= 15 is 0 Å². The molecule has 2 heterocycles. The molecule has 0 saturated carbocycles. The van der Waals surface area contributed by atoms with Gasteiger partial charge in [-0.1, -0.05) is 57.7 Å². The molecule has 0 nitrogen and oxygen atoms in total. The van der Waals surface area contributed by atoms with Crippen molar-refractivity contribution in [1.29, 1.82) is 0 Å². The van der Waals surface area contributed by atoms with E-state index in [2.05, 4.69) is 94.1 Å². The molecule has 31 heavy (non-hydrogen) atoms. The zero-order valence-electron chi connectivity index (χ0n) is 18.7. The molecule has 0 bridgehead atoms. The van der Waals surface area contributed by atoms with E-state index in [0.717, 1.165) is 31.3 Å². The molecule has 0 fully saturated rings. The van der Waals surface area contributed by atoms with Crippen LogP contribution < -0.4 is 0 Å². The van der Waals surface area contributed by atoms with Gasteiger partial charge in [0, 0.05) is 19.5 Å². The predicted octanol–water partition coefficient (Wildman–Crippen LogP) is 9.15. The van der Waals surface area contributed by atoms with Gasteiger partial charge in [-0.2, -0.15) is 0 Å². The molecule has 2 aromatic heterocycles. The normalized spacial score (nSPS) is 13.6. The lowest BCUT2D eigenvalue weighted by Gasteiger charge is -2.07. The van der Waals surface area contributed by atoms with Crippen molar-refractivity contribution in [3.05, 3.63) is 104 Å². The van der Waals surface area contributed by atoms with Crippen molar-refractivity contribution >= 4 is 34.3 Å². The standard InChI is InChI=1S/C29H30S2/c1-5-21-10-11-22-12-13-24(29-17-15-27(7-3)31-29)19-25(22)18-23(21)9-8-20(4)28-16-14-26(6-2)30-28/h8-10,12-19H,4-7,11H2,1-3H3/b9-8-. The number of aryl methyl sites for hydroxylation is 2. The van der Waals surface area contributed by atoms with Crippen molar-refractivity contribution in [3.63, 3.8) is 0 Å². The third-order valence-corrected chi connectivity index (χ3v) is 8.45. The molecule has 2 heteroatoms. The molecule has 0 saturated heterocycles. The van der Waals surface area contributed by atoms with Gasteiger partial charge in [0.05, 0.1) is 0 Å². The van der Waals surface area contributed by atoms with E-state index in [9.17, 15) is 0 Å². The minimum absolute atomic E-state index is 0.989. The summed E-state index contributed by atoms with van der Waals surface area (Å²) < 4.78 is 0. The highest BCUT2D eigenvalue weighted by molar-refractivity contribution is 7.15. The van der Waals surface area contributed by atoms with E-state index in [4.69, 9.17) is 0 Å². The van der Waals surface area contributed by atoms with Crippen LogP contribution in [0.5, 0.6) is 0 Å². The Morgan fingerprint density at radius 2 is 1.71 bits per heavy atom. The Kier molecular flexibility index (Phi) is 6.89. The van der Waals surface area contributed by atoms with E-state index in [1.165, 1.54) is 47.3 Å². The highest BCUT2D eigenvalue weighted by atomic mass is 32.1. The highest BCUT2D eigenvalue weighted by Gasteiger charge is 2.11. The first kappa shape index (κ1) is 21.8. The molecule has 3 aromatic rings. The number of benzene rings is 1. The monoisotopic (exact) mass is 442 g/mol. The van der Waals surface area contributed by atoms with Gasteiger partial charge in [-0.25, -0.2) is 0 Å². The Morgan fingerprint density at radius 3 is 2.42 bits per heavy atom. The van der Waals surface area contributed by atoms with Crippen LogP contribution in [0.3, 0.4) is 0 Å². The summed E-state index contributed by atoms with van der Waals surface area (Å²) in [4.78, 5) is 5.47. The largest absolute Gasteiger partial charge is 0.140 e. The number of rotatable bonds is 7. The summed E-state index contributed by atoms with van der Waals surface area (Å²) in [6.07, 6.45) is 13.4. The molecule has 0 amide bonds. The summed E-state index contributed by atoms with van der Waals surface area (Å²) in [5.41, 5.74) is 7.84. The topological polar surface area (TPSA) is 0 Å². The molecule has 1 aromatic carbocycles. The molecule has 0 atom stereocenters. The van der Waals surface area contributed by atoms with Crippen LogP contribution in [0.25, 0.3) is 22.1 Å². The van der Waals surface area contributed by atoms with E-state index in [1.54, 1.807) is 0 Å². The van der Waals surface area contributed by atoms with Crippen molar-refractivity contribution in [1.82, 2.24) is 0 Å². The molecule has 1 aliphatic carbocycles. The SMILES string of the molecule is C=C(/C=C\C1=Cc2cc(-c3ccc(CC)s3)ccc2CC=C1CC)c1ccc(CC)s1. The average molecular weight is 443 g/mol. The van der Waals surface area contributed by atoms with Gasteiger partial charge in [0.2, 0.25) is 0 Å². The van der Waals surface area contributed by atoms with Crippen molar-refractivity contribution in [3.8, 4) is 10.4 Å². The van der Waals surface area contributed by atoms with Gasteiger partial charge in [-0.3, -0.25) is 0 Å². The van der Waals surface area contributed by atoms with Gasteiger partial charge in [-0.05, 0) is 95.5 Å². The molecule has 1 aliphatic rings. The lowest BCUT2D eigenvalue weighted by atomic mass is 9.99. The van der Waals surface area contributed by atoms with Gasteiger partial charge in [0.25, 0.3) is 0 Å². The van der Waals surface area contributed by atoms with Gasteiger partial charge in [0.15, 0.2) is 0 Å². The third kappa shape index (κ3) is 4.92. The van der Waals surface area contributed by atoms with E-state index < -0.39 is 0 Å². The number of allylic oxidation sites excluding steroid dienone is 6. The lowest BCUT2D eigenvalue weighted by molar-refractivity contribution is 1.10. The van der Waals surface area contributed by atoms with Crippen LogP contribution in [0.15, 0.2) is 78.4 Å². The highest BCUT2D eigenvalue weighted by Crippen LogP contribution is 2.33. The summed E-state index contributed by atoms with van der Waals surface area (Å²) in [6, 6.07) is 15.9. The predicted molar refractivity (Wildman–Crippen MR) is 141 cm³/mol. The fourth-order valence-electron chi connectivity index (χ4n) is 3.92. The van der Waals surface area contributed by atoms with Gasteiger partial charge >= 0.3 is 0 Å². The quantitative estimate of drug-likeness (QED) is 0.320. The summed E-state index contributed by atoms with van der Waals surface area (Å²) in [7, 11) is 0. The van der Waals surface area contributed by atoms with E-state index in [1.807, 2.05) is 22.7 Å². The zero-order valence-corrected chi connectivity index (χ0v) is 20.3. The van der Waals surface area contributed by atoms with Crippen LogP contribution in [0, 0.1) is 0 Å². The molecule has 0 unspecified atom stereocenters. The molecule has 0 aliphatic heterocycles. The maximum atomic E-state index is 4.32. The summed E-state index contributed by atoms with van der Waals surface area (Å²) in [5.74, 6) is 0. The minimum Gasteiger partial charge on any atom is -0.140 e. The molecular weight excluding hydrogens is 412 g/mol. The minimum atomic E-state index is 0.989. The van der Waals surface area contributed by atoms with Crippen LogP contribution in [0.1, 0.15) is 53.0 Å². The first-order valence-electron chi connectivity index (χ1n) is 11.2. The van der Waals surface area contributed by atoms with Crippen molar-refractivity contribution in [2.24, 2.45) is 0 Å². The number of thiophene rings is 2. The Bertz CT molecular complexity index is 1180. The third-order valence-electron chi connectivity index (χ3n) is 5.86. The smallest absolute Gasteiger partial charge is 0.0345 e. The number of hydrogen-bond acceptors (Lipinski definition) is 2. The van der Waals surface area contributed by atoms with Crippen LogP contribution in [0.4, 0.5) is 0 Å². The molecule has 0 N–H and O–H groups in total. The molecular formula is C29H30S2. The van der Waals surface area contributed by atoms with Crippen molar-refractivity contribution < 1.29 is 0 Å². The fraction of sp³-hybridized carbons (Fsp3) is 0.241. The van der Waals surface area contributed by atoms with Crippen LogP contribution >= 0.6 is 22.7 Å². The van der Waals surface area contributed by atoms with Crippen molar-refractivity contribution in [2.75, 3.05) is 0 Å². The van der Waals surface area contributed by atoms with Gasteiger partial charge < -0.3 is 0 Å². The first-order valence-corrected chi connectivity index (χ1v) is 12.8. The molecule has 0 spiro atoms. The van der Waals surface area contributed by atoms with Crippen LogP contribution in [0.2, 0.25) is 0 Å². The first-order chi connectivity index (χ1) is 15.1. The van der Waals surface area contributed by atoms with E-state index in [0.29, 0.717) is 0 Å². The van der Waals surface area contributed by atoms with E-state index in [-0.39, 0.29) is 0 Å². The Hall–Kier alpha value is -2.42. The second kappa shape index (κ2) is 9.80. The Labute approximate surface area is 195 Å². The fourth-order valence-corrected chi connectivity index (χ4v) is 5.76. The Balaban J connectivity index is 1.66. The Morgan fingerprint density at radius 1 is 0.935 bits per heavy atom. The van der Waals surface area contributed by atoms with Crippen LogP contribution in [-0.2, 0) is 19.3 Å². The summed E-state index contributed by atoms with van der Waals surface area (Å²) in [5, 5.41) is 0. The number of hydrogen-bond donors (Lipinski definition) is 0. The maximum absolute atomic E-state index is 4.32. The second-order valence-electron chi connectivity index (χ2n) is 7.90. The summed E-state index contributed by atoms with van der Waals surface area (Å²) >= 11 is 3.75. The lowest BCUT2D eigenvalue weighted by Crippen LogP contribution is -1.87. The maximum Gasteiger partial charge on any atom is 0.0345 e. The second-order valence-corrected chi connectivity index (χ2v) is 10.2. The van der Waals surface area contributed by atoms with Gasteiger partial charge in [0.1, 0.15) is 0 Å².